The average molecular weight is 284 g/mol. The van der Waals surface area contributed by atoms with Gasteiger partial charge < -0.3 is 14.7 Å². The Labute approximate surface area is 119 Å². The molecular weight excluding hydrogens is 260 g/mol. The van der Waals surface area contributed by atoms with Crippen molar-refractivity contribution in [1.82, 2.24) is 9.80 Å². The van der Waals surface area contributed by atoms with Crippen molar-refractivity contribution in [2.75, 3.05) is 39.4 Å². The Balaban J connectivity index is 1.85. The Bertz CT molecular complexity index is 377. The lowest BCUT2D eigenvalue weighted by atomic mass is 9.89. The van der Waals surface area contributed by atoms with Gasteiger partial charge in [-0.05, 0) is 20.3 Å². The second kappa shape index (κ2) is 6.10. The van der Waals surface area contributed by atoms with Crippen LogP contribution in [0.25, 0.3) is 0 Å². The van der Waals surface area contributed by atoms with Crippen molar-refractivity contribution >= 4 is 11.9 Å². The van der Waals surface area contributed by atoms with Crippen molar-refractivity contribution in [3.05, 3.63) is 0 Å². The van der Waals surface area contributed by atoms with Crippen LogP contribution in [0.15, 0.2) is 0 Å². The summed E-state index contributed by atoms with van der Waals surface area (Å²) in [5, 5.41) is 9.10. The maximum atomic E-state index is 12.2. The van der Waals surface area contributed by atoms with E-state index in [0.717, 1.165) is 39.3 Å². The second-order valence-electron chi connectivity index (χ2n) is 6.30. The van der Waals surface area contributed by atoms with Crippen LogP contribution in [0, 0.1) is 5.41 Å². The van der Waals surface area contributed by atoms with E-state index in [2.05, 4.69) is 4.90 Å². The molecule has 2 heterocycles. The standard InChI is InChI=1S/C14H24N2O4/c1-14(2,13(18)19)9-12(17)16-4-3-11(10-16)15-5-7-20-8-6-15/h11H,3-10H2,1-2H3,(H,18,19). The first kappa shape index (κ1) is 15.3. The quantitative estimate of drug-likeness (QED) is 0.810. The number of amides is 1. The van der Waals surface area contributed by atoms with Crippen LogP contribution in [-0.2, 0) is 14.3 Å². The van der Waals surface area contributed by atoms with E-state index in [1.54, 1.807) is 13.8 Å². The van der Waals surface area contributed by atoms with Gasteiger partial charge in [0.25, 0.3) is 0 Å². The molecule has 0 bridgehead atoms. The Morgan fingerprint density at radius 3 is 2.50 bits per heavy atom. The molecule has 2 aliphatic rings. The maximum Gasteiger partial charge on any atom is 0.309 e. The van der Waals surface area contributed by atoms with Crippen molar-refractivity contribution in [2.24, 2.45) is 5.41 Å². The second-order valence-corrected chi connectivity index (χ2v) is 6.30. The van der Waals surface area contributed by atoms with E-state index < -0.39 is 11.4 Å². The summed E-state index contributed by atoms with van der Waals surface area (Å²) in [5.74, 6) is -0.970. The van der Waals surface area contributed by atoms with E-state index in [0.29, 0.717) is 12.6 Å². The fourth-order valence-electron chi connectivity index (χ4n) is 2.77. The molecule has 0 aromatic heterocycles. The van der Waals surface area contributed by atoms with E-state index >= 15 is 0 Å². The summed E-state index contributed by atoms with van der Waals surface area (Å²) >= 11 is 0. The topological polar surface area (TPSA) is 70.1 Å². The molecule has 0 aromatic carbocycles. The van der Waals surface area contributed by atoms with E-state index in [1.165, 1.54) is 0 Å². The molecule has 0 saturated carbocycles. The van der Waals surface area contributed by atoms with E-state index in [4.69, 9.17) is 9.84 Å². The SMILES string of the molecule is CC(C)(CC(=O)N1CCC(N2CCOCC2)C1)C(=O)O. The van der Waals surface area contributed by atoms with E-state index in [1.807, 2.05) is 4.90 Å². The summed E-state index contributed by atoms with van der Waals surface area (Å²) in [4.78, 5) is 27.5. The number of carbonyl (C=O) groups is 2. The summed E-state index contributed by atoms with van der Waals surface area (Å²) in [6, 6.07) is 0.399. The van der Waals surface area contributed by atoms with E-state index in [-0.39, 0.29) is 12.3 Å². The Morgan fingerprint density at radius 2 is 1.90 bits per heavy atom. The highest BCUT2D eigenvalue weighted by atomic mass is 16.5. The van der Waals surface area contributed by atoms with Crippen LogP contribution in [-0.4, -0.2) is 72.2 Å². The summed E-state index contributed by atoms with van der Waals surface area (Å²) in [6.07, 6.45) is 1.04. The maximum absolute atomic E-state index is 12.2. The number of hydrogen-bond acceptors (Lipinski definition) is 4. The smallest absolute Gasteiger partial charge is 0.309 e. The van der Waals surface area contributed by atoms with Gasteiger partial charge in [-0.2, -0.15) is 0 Å². The first-order valence-electron chi connectivity index (χ1n) is 7.23. The van der Waals surface area contributed by atoms with Gasteiger partial charge in [0.1, 0.15) is 0 Å². The molecule has 1 atom stereocenters. The third-order valence-electron chi connectivity index (χ3n) is 4.25. The summed E-state index contributed by atoms with van der Waals surface area (Å²) in [7, 11) is 0. The van der Waals surface area contributed by atoms with Crippen molar-refractivity contribution in [2.45, 2.75) is 32.7 Å². The van der Waals surface area contributed by atoms with Gasteiger partial charge in [0.2, 0.25) is 5.91 Å². The van der Waals surface area contributed by atoms with Gasteiger partial charge in [0.15, 0.2) is 0 Å². The number of carbonyl (C=O) groups excluding carboxylic acids is 1. The van der Waals surface area contributed by atoms with Crippen molar-refractivity contribution in [3.63, 3.8) is 0 Å². The summed E-state index contributed by atoms with van der Waals surface area (Å²) in [6.45, 7) is 8.02. The number of morpholine rings is 1. The van der Waals surface area contributed by atoms with Gasteiger partial charge in [-0.1, -0.05) is 0 Å². The lowest BCUT2D eigenvalue weighted by Crippen LogP contribution is -2.45. The number of carboxylic acids is 1. The van der Waals surface area contributed by atoms with Crippen molar-refractivity contribution in [1.29, 1.82) is 0 Å². The number of likely N-dealkylation sites (tertiary alicyclic amines) is 1. The zero-order valence-corrected chi connectivity index (χ0v) is 12.3. The Morgan fingerprint density at radius 1 is 1.25 bits per heavy atom. The molecule has 0 aromatic rings. The minimum absolute atomic E-state index is 0.0480. The Kier molecular flexibility index (Phi) is 4.65. The molecule has 2 saturated heterocycles. The van der Waals surface area contributed by atoms with Crippen LogP contribution >= 0.6 is 0 Å². The summed E-state index contributed by atoms with van der Waals surface area (Å²) in [5.41, 5.74) is -0.992. The third-order valence-corrected chi connectivity index (χ3v) is 4.25. The van der Waals surface area contributed by atoms with Gasteiger partial charge in [-0.3, -0.25) is 14.5 Å². The van der Waals surface area contributed by atoms with E-state index in [9.17, 15) is 9.59 Å². The molecule has 0 spiro atoms. The minimum Gasteiger partial charge on any atom is -0.481 e. The normalized spacial score (nSPS) is 24.9. The molecule has 2 fully saturated rings. The van der Waals surface area contributed by atoms with Crippen LogP contribution in [0.4, 0.5) is 0 Å². The number of hydrogen-bond donors (Lipinski definition) is 1. The predicted octanol–water partition coefficient (Wildman–Crippen LogP) is 0.420. The van der Waals surface area contributed by atoms with Gasteiger partial charge in [-0.25, -0.2) is 0 Å². The van der Waals surface area contributed by atoms with Gasteiger partial charge in [-0.15, -0.1) is 0 Å². The molecule has 6 heteroatoms. The van der Waals surface area contributed by atoms with Crippen molar-refractivity contribution < 1.29 is 19.4 Å². The lowest BCUT2D eigenvalue weighted by molar-refractivity contribution is -0.151. The van der Waals surface area contributed by atoms with Crippen LogP contribution in [0.2, 0.25) is 0 Å². The fourth-order valence-corrected chi connectivity index (χ4v) is 2.77. The zero-order chi connectivity index (χ0) is 14.8. The van der Waals surface area contributed by atoms with Gasteiger partial charge >= 0.3 is 5.97 Å². The number of aliphatic carboxylic acids is 1. The number of nitrogens with zero attached hydrogens (tertiary/aromatic N) is 2. The molecule has 114 valence electrons. The van der Waals surface area contributed by atoms with Crippen molar-refractivity contribution in [3.8, 4) is 0 Å². The Hall–Kier alpha value is -1.14. The number of carboxylic acid groups (broad SMARTS) is 1. The van der Waals surface area contributed by atoms with Crippen LogP contribution in [0.5, 0.6) is 0 Å². The predicted molar refractivity (Wildman–Crippen MR) is 73.4 cm³/mol. The number of rotatable bonds is 4. The first-order chi connectivity index (χ1) is 9.40. The number of ether oxygens (including phenoxy) is 1. The average Bonchev–Trinajstić information content (AvgIpc) is 2.88. The van der Waals surface area contributed by atoms with Crippen LogP contribution in [0.3, 0.4) is 0 Å². The molecule has 1 unspecified atom stereocenters. The molecule has 20 heavy (non-hydrogen) atoms. The highest BCUT2D eigenvalue weighted by molar-refractivity contribution is 5.84. The molecule has 1 N–H and O–H groups in total. The largest absolute Gasteiger partial charge is 0.481 e. The molecule has 0 aliphatic carbocycles. The molecule has 2 aliphatic heterocycles. The highest BCUT2D eigenvalue weighted by Gasteiger charge is 2.36. The molecular formula is C14H24N2O4. The third kappa shape index (κ3) is 3.49. The minimum atomic E-state index is -0.992. The highest BCUT2D eigenvalue weighted by Crippen LogP contribution is 2.24. The fraction of sp³-hybridized carbons (Fsp3) is 0.857. The monoisotopic (exact) mass is 284 g/mol. The molecule has 6 nitrogen and oxygen atoms in total. The summed E-state index contributed by atoms with van der Waals surface area (Å²) < 4.78 is 5.34. The molecule has 2 rings (SSSR count). The first-order valence-corrected chi connectivity index (χ1v) is 7.23. The lowest BCUT2D eigenvalue weighted by Gasteiger charge is -2.32. The van der Waals surface area contributed by atoms with Gasteiger partial charge in [0.05, 0.1) is 18.6 Å². The molecule has 1 amide bonds. The molecule has 0 radical (unpaired) electrons. The van der Waals surface area contributed by atoms with Gasteiger partial charge in [0, 0.05) is 38.6 Å². The zero-order valence-electron chi connectivity index (χ0n) is 12.3. The van der Waals surface area contributed by atoms with Crippen LogP contribution in [0.1, 0.15) is 26.7 Å². The van der Waals surface area contributed by atoms with Crippen LogP contribution < -0.4 is 0 Å².